The summed E-state index contributed by atoms with van der Waals surface area (Å²) in [4.78, 5) is 28.7. The number of carbonyl (C=O) groups excluding carboxylic acids is 2. The summed E-state index contributed by atoms with van der Waals surface area (Å²) < 4.78 is 5.57. The minimum Gasteiger partial charge on any atom is -0.492 e. The van der Waals surface area contributed by atoms with Crippen molar-refractivity contribution in [2.75, 3.05) is 45.9 Å². The van der Waals surface area contributed by atoms with E-state index >= 15 is 0 Å². The van der Waals surface area contributed by atoms with Gasteiger partial charge in [-0.25, -0.2) is 0 Å². The maximum absolute atomic E-state index is 12.4. The van der Waals surface area contributed by atoms with Crippen molar-refractivity contribution < 1.29 is 14.3 Å². The molecule has 2 saturated heterocycles. The highest BCUT2D eigenvalue weighted by Crippen LogP contribution is 2.21. The summed E-state index contributed by atoms with van der Waals surface area (Å²) in [6, 6.07) is 9.58. The van der Waals surface area contributed by atoms with Gasteiger partial charge in [-0.15, -0.1) is 0 Å². The molecule has 0 spiro atoms. The third-order valence-electron chi connectivity index (χ3n) is 5.16. The number of amides is 2. The zero-order valence-corrected chi connectivity index (χ0v) is 15.4. The number of nitrogens with one attached hydrogen (secondary N) is 1. The van der Waals surface area contributed by atoms with Crippen LogP contribution in [-0.2, 0) is 9.59 Å². The minimum absolute atomic E-state index is 0.0194. The zero-order valence-electron chi connectivity index (χ0n) is 15.4. The monoisotopic (exact) mass is 359 g/mol. The normalized spacial score (nSPS) is 18.7. The van der Waals surface area contributed by atoms with Gasteiger partial charge < -0.3 is 15.0 Å². The summed E-state index contributed by atoms with van der Waals surface area (Å²) >= 11 is 0. The lowest BCUT2D eigenvalue weighted by atomic mass is 9.95. The molecule has 142 valence electrons. The van der Waals surface area contributed by atoms with Gasteiger partial charge in [0.05, 0.1) is 13.1 Å². The van der Waals surface area contributed by atoms with E-state index in [0.29, 0.717) is 25.6 Å². The minimum atomic E-state index is 0.0194. The number of para-hydroxylation sites is 1. The number of rotatable bonds is 7. The van der Waals surface area contributed by atoms with E-state index in [-0.39, 0.29) is 11.8 Å². The molecule has 0 aromatic heterocycles. The van der Waals surface area contributed by atoms with Crippen LogP contribution >= 0.6 is 0 Å². The maximum atomic E-state index is 12.4. The Bertz CT molecular complexity index is 579. The van der Waals surface area contributed by atoms with Crippen LogP contribution in [0.4, 0.5) is 0 Å². The number of hydrogen-bond acceptors (Lipinski definition) is 4. The van der Waals surface area contributed by atoms with E-state index < -0.39 is 0 Å². The number of ether oxygens (including phenoxy) is 1. The van der Waals surface area contributed by atoms with Gasteiger partial charge in [0.2, 0.25) is 11.8 Å². The molecule has 0 unspecified atom stereocenters. The summed E-state index contributed by atoms with van der Waals surface area (Å²) in [5.74, 6) is 1.30. The Morgan fingerprint density at radius 3 is 2.42 bits per heavy atom. The molecule has 0 bridgehead atoms. The van der Waals surface area contributed by atoms with Crippen molar-refractivity contribution in [3.63, 3.8) is 0 Å². The number of hydrogen-bond donors (Lipinski definition) is 1. The number of likely N-dealkylation sites (tertiary alicyclic amines) is 2. The van der Waals surface area contributed by atoms with Crippen molar-refractivity contribution >= 4 is 11.8 Å². The van der Waals surface area contributed by atoms with Crippen molar-refractivity contribution in [3.8, 4) is 5.75 Å². The third-order valence-corrected chi connectivity index (χ3v) is 5.16. The van der Waals surface area contributed by atoms with Crippen LogP contribution in [0.25, 0.3) is 0 Å². The van der Waals surface area contributed by atoms with Gasteiger partial charge in [-0.3, -0.25) is 14.5 Å². The van der Waals surface area contributed by atoms with Crippen LogP contribution in [0.5, 0.6) is 5.75 Å². The van der Waals surface area contributed by atoms with Crippen LogP contribution in [0.15, 0.2) is 30.3 Å². The summed E-state index contributed by atoms with van der Waals surface area (Å²) in [5.41, 5.74) is 0. The first-order chi connectivity index (χ1) is 12.7. The molecule has 2 fully saturated rings. The molecule has 2 amide bonds. The first-order valence-corrected chi connectivity index (χ1v) is 9.68. The predicted molar refractivity (Wildman–Crippen MR) is 99.9 cm³/mol. The Hall–Kier alpha value is -2.08. The van der Waals surface area contributed by atoms with E-state index in [1.807, 2.05) is 35.2 Å². The molecule has 0 atom stereocenters. The fourth-order valence-electron chi connectivity index (χ4n) is 3.67. The Morgan fingerprint density at radius 2 is 1.73 bits per heavy atom. The second kappa shape index (κ2) is 9.57. The largest absolute Gasteiger partial charge is 0.492 e. The average molecular weight is 359 g/mol. The zero-order chi connectivity index (χ0) is 18.2. The maximum Gasteiger partial charge on any atom is 0.234 e. The topological polar surface area (TPSA) is 61.9 Å². The average Bonchev–Trinajstić information content (AvgIpc) is 3.21. The molecule has 1 N–H and O–H groups in total. The molecule has 6 nitrogen and oxygen atoms in total. The third kappa shape index (κ3) is 5.46. The van der Waals surface area contributed by atoms with Gasteiger partial charge >= 0.3 is 0 Å². The number of piperidine rings is 1. The first kappa shape index (κ1) is 18.7. The van der Waals surface area contributed by atoms with Crippen LogP contribution in [0, 0.1) is 5.92 Å². The lowest BCUT2D eigenvalue weighted by Gasteiger charge is -2.32. The molecule has 2 aliphatic heterocycles. The van der Waals surface area contributed by atoms with Crippen LogP contribution in [0.2, 0.25) is 0 Å². The predicted octanol–water partition coefficient (Wildman–Crippen LogP) is 1.52. The van der Waals surface area contributed by atoms with E-state index in [1.54, 1.807) is 0 Å². The molecule has 1 aromatic carbocycles. The molecule has 0 radical (unpaired) electrons. The lowest BCUT2D eigenvalue weighted by molar-refractivity contribution is -0.136. The van der Waals surface area contributed by atoms with E-state index in [9.17, 15) is 9.59 Å². The lowest BCUT2D eigenvalue weighted by Crippen LogP contribution is -2.45. The van der Waals surface area contributed by atoms with Crippen LogP contribution in [0.1, 0.15) is 25.7 Å². The van der Waals surface area contributed by atoms with E-state index in [0.717, 1.165) is 57.6 Å². The number of benzene rings is 1. The first-order valence-electron chi connectivity index (χ1n) is 9.68. The number of carbonyl (C=O) groups is 2. The second-order valence-electron chi connectivity index (χ2n) is 7.09. The molecule has 3 rings (SSSR count). The fourth-order valence-corrected chi connectivity index (χ4v) is 3.67. The Kier molecular flexibility index (Phi) is 6.89. The van der Waals surface area contributed by atoms with E-state index in [4.69, 9.17) is 4.74 Å². The van der Waals surface area contributed by atoms with Gasteiger partial charge in [-0.1, -0.05) is 18.2 Å². The highest BCUT2D eigenvalue weighted by Gasteiger charge is 2.30. The molecule has 0 saturated carbocycles. The van der Waals surface area contributed by atoms with E-state index in [1.165, 1.54) is 0 Å². The molecule has 1 aromatic rings. The highest BCUT2D eigenvalue weighted by molar-refractivity contribution is 5.79. The van der Waals surface area contributed by atoms with Crippen LogP contribution in [-0.4, -0.2) is 67.5 Å². The Morgan fingerprint density at radius 1 is 1.04 bits per heavy atom. The molecular weight excluding hydrogens is 330 g/mol. The molecule has 26 heavy (non-hydrogen) atoms. The van der Waals surface area contributed by atoms with Gasteiger partial charge in [-0.05, 0) is 50.9 Å². The molecule has 6 heteroatoms. The van der Waals surface area contributed by atoms with Crippen LogP contribution in [0.3, 0.4) is 0 Å². The standard InChI is InChI=1S/C20H29N3O3/c24-19(21-10-15-26-18-6-2-1-3-7-18)16-22-13-8-17(9-14-22)20(25)23-11-4-5-12-23/h1-3,6-7,17H,4-5,8-16H2,(H,21,24). The van der Waals surface area contributed by atoms with Gasteiger partial charge in [0.15, 0.2) is 0 Å². The van der Waals surface area contributed by atoms with Gasteiger partial charge in [0.1, 0.15) is 12.4 Å². The fraction of sp³-hybridized carbons (Fsp3) is 0.600. The smallest absolute Gasteiger partial charge is 0.234 e. The summed E-state index contributed by atoms with van der Waals surface area (Å²) in [6.07, 6.45) is 4.00. The summed E-state index contributed by atoms with van der Waals surface area (Å²) in [6.45, 7) is 4.84. The van der Waals surface area contributed by atoms with Crippen molar-refractivity contribution in [1.82, 2.24) is 15.1 Å². The van der Waals surface area contributed by atoms with Crippen LogP contribution < -0.4 is 10.1 Å². The molecule has 2 heterocycles. The highest BCUT2D eigenvalue weighted by atomic mass is 16.5. The quantitative estimate of drug-likeness (QED) is 0.750. The summed E-state index contributed by atoms with van der Waals surface area (Å²) in [7, 11) is 0. The molecular formula is C20H29N3O3. The van der Waals surface area contributed by atoms with E-state index in [2.05, 4.69) is 10.2 Å². The van der Waals surface area contributed by atoms with Gasteiger partial charge in [0, 0.05) is 19.0 Å². The van der Waals surface area contributed by atoms with Crippen molar-refractivity contribution in [2.45, 2.75) is 25.7 Å². The second-order valence-corrected chi connectivity index (χ2v) is 7.09. The van der Waals surface area contributed by atoms with Crippen molar-refractivity contribution in [1.29, 1.82) is 0 Å². The van der Waals surface area contributed by atoms with Gasteiger partial charge in [0.25, 0.3) is 0 Å². The van der Waals surface area contributed by atoms with Crippen molar-refractivity contribution in [3.05, 3.63) is 30.3 Å². The SMILES string of the molecule is O=C(CN1CCC(C(=O)N2CCCC2)CC1)NCCOc1ccccc1. The number of nitrogens with zero attached hydrogens (tertiary/aromatic N) is 2. The Labute approximate surface area is 155 Å². The molecule has 0 aliphatic carbocycles. The Balaban J connectivity index is 1.29. The molecule has 2 aliphatic rings. The van der Waals surface area contributed by atoms with Crippen molar-refractivity contribution in [2.24, 2.45) is 5.92 Å². The van der Waals surface area contributed by atoms with Gasteiger partial charge in [-0.2, -0.15) is 0 Å². The summed E-state index contributed by atoms with van der Waals surface area (Å²) in [5, 5.41) is 2.90.